The first-order valence-electron chi connectivity index (χ1n) is 9.90. The van der Waals surface area contributed by atoms with Crippen LogP contribution in [0.25, 0.3) is 22.0 Å². The molecule has 0 aliphatic rings. The first-order chi connectivity index (χ1) is 15.5. The molecular weight excluding hydrogens is 448 g/mol. The molecule has 0 saturated heterocycles. The second-order valence-electron chi connectivity index (χ2n) is 6.96. The molecule has 32 heavy (non-hydrogen) atoms. The highest BCUT2D eigenvalue weighted by Crippen LogP contribution is 2.36. The monoisotopic (exact) mass is 466 g/mol. The van der Waals surface area contributed by atoms with E-state index < -0.39 is 5.97 Å². The highest BCUT2D eigenvalue weighted by atomic mass is 35.5. The van der Waals surface area contributed by atoms with Crippen LogP contribution in [0.1, 0.15) is 17.3 Å². The van der Waals surface area contributed by atoms with Gasteiger partial charge in [-0.05, 0) is 30.7 Å². The summed E-state index contributed by atoms with van der Waals surface area (Å²) in [6.45, 7) is 1.92. The van der Waals surface area contributed by atoms with Crippen molar-refractivity contribution in [1.29, 1.82) is 0 Å². The van der Waals surface area contributed by atoms with E-state index in [0.717, 1.165) is 5.56 Å². The van der Waals surface area contributed by atoms with E-state index in [4.69, 9.17) is 16.3 Å². The van der Waals surface area contributed by atoms with Crippen LogP contribution in [0.3, 0.4) is 0 Å². The number of anilines is 1. The topological polar surface area (TPSA) is 77.4 Å². The third-order valence-corrected chi connectivity index (χ3v) is 5.99. The van der Waals surface area contributed by atoms with Gasteiger partial charge in [0.15, 0.2) is 5.43 Å². The molecule has 2 aromatic heterocycles. The Morgan fingerprint density at radius 1 is 1.12 bits per heavy atom. The van der Waals surface area contributed by atoms with Gasteiger partial charge in [0.25, 0.3) is 0 Å². The zero-order valence-electron chi connectivity index (χ0n) is 17.1. The van der Waals surface area contributed by atoms with Crippen LogP contribution in [0.4, 0.5) is 5.00 Å². The first kappa shape index (κ1) is 21.8. The number of aromatic nitrogens is 1. The van der Waals surface area contributed by atoms with Crippen molar-refractivity contribution in [3.05, 3.63) is 87.0 Å². The van der Waals surface area contributed by atoms with Crippen molar-refractivity contribution in [1.82, 2.24) is 4.57 Å². The van der Waals surface area contributed by atoms with E-state index >= 15 is 0 Å². The predicted octanol–water partition coefficient (Wildman–Crippen LogP) is 5.20. The van der Waals surface area contributed by atoms with E-state index in [9.17, 15) is 14.4 Å². The molecule has 8 heteroatoms. The van der Waals surface area contributed by atoms with Gasteiger partial charge in [-0.15, -0.1) is 11.3 Å². The van der Waals surface area contributed by atoms with Gasteiger partial charge in [0, 0.05) is 33.6 Å². The molecule has 0 aliphatic heterocycles. The fourth-order valence-electron chi connectivity index (χ4n) is 3.43. The van der Waals surface area contributed by atoms with Gasteiger partial charge in [-0.1, -0.05) is 41.9 Å². The number of nitrogens with one attached hydrogen (secondary N) is 1. The lowest BCUT2D eigenvalue weighted by atomic mass is 10.0. The maximum absolute atomic E-state index is 12.9. The Bertz CT molecular complexity index is 1360. The fourth-order valence-corrected chi connectivity index (χ4v) is 4.57. The quantitative estimate of drug-likeness (QED) is 0.396. The van der Waals surface area contributed by atoms with Crippen molar-refractivity contribution in [3.8, 4) is 11.1 Å². The largest absolute Gasteiger partial charge is 0.462 e. The summed E-state index contributed by atoms with van der Waals surface area (Å²) in [6, 6.07) is 15.8. The van der Waals surface area contributed by atoms with Crippen molar-refractivity contribution >= 4 is 50.7 Å². The smallest absolute Gasteiger partial charge is 0.341 e. The Labute approximate surface area is 193 Å². The zero-order chi connectivity index (χ0) is 22.7. The molecule has 1 N–H and O–H groups in total. The van der Waals surface area contributed by atoms with Crippen LogP contribution in [0.2, 0.25) is 5.02 Å². The number of nitrogens with zero attached hydrogens (tertiary/aromatic N) is 1. The van der Waals surface area contributed by atoms with Crippen molar-refractivity contribution < 1.29 is 14.3 Å². The van der Waals surface area contributed by atoms with Gasteiger partial charge in [0.2, 0.25) is 5.91 Å². The number of hydrogen-bond donors (Lipinski definition) is 1. The number of carbonyl (C=O) groups is 2. The Morgan fingerprint density at radius 3 is 2.66 bits per heavy atom. The van der Waals surface area contributed by atoms with Crippen LogP contribution in [0, 0.1) is 0 Å². The Hall–Kier alpha value is -3.42. The molecule has 0 radical (unpaired) electrons. The number of amides is 1. The number of carbonyl (C=O) groups excluding carboxylic acids is 2. The summed E-state index contributed by atoms with van der Waals surface area (Å²) in [5, 5.41) is 5.96. The molecule has 0 aliphatic carbocycles. The summed E-state index contributed by atoms with van der Waals surface area (Å²) in [4.78, 5) is 37.7. The number of pyridine rings is 1. The lowest BCUT2D eigenvalue weighted by Crippen LogP contribution is -2.21. The Kier molecular flexibility index (Phi) is 6.39. The normalized spacial score (nSPS) is 10.8. The highest BCUT2D eigenvalue weighted by Gasteiger charge is 2.23. The molecule has 0 saturated carbocycles. The third kappa shape index (κ3) is 4.44. The summed E-state index contributed by atoms with van der Waals surface area (Å²) >= 11 is 7.27. The summed E-state index contributed by atoms with van der Waals surface area (Å²) in [5.41, 5.74) is 2.31. The lowest BCUT2D eigenvalue weighted by molar-refractivity contribution is -0.116. The van der Waals surface area contributed by atoms with Gasteiger partial charge in [-0.3, -0.25) is 9.59 Å². The molecule has 1 amide bonds. The number of fused-ring (bicyclic) bond motifs is 1. The SMILES string of the molecule is CCOC(=O)c1c(-c2ccccc2)csc1NC(=O)Cn1ccc(=O)c2cc(Cl)ccc21. The van der Waals surface area contributed by atoms with E-state index in [1.54, 1.807) is 35.9 Å². The number of rotatable bonds is 6. The van der Waals surface area contributed by atoms with E-state index in [1.807, 2.05) is 35.7 Å². The number of hydrogen-bond acceptors (Lipinski definition) is 5. The van der Waals surface area contributed by atoms with Crippen LogP contribution in [-0.2, 0) is 16.1 Å². The third-order valence-electron chi connectivity index (χ3n) is 4.86. The average molecular weight is 467 g/mol. The Balaban J connectivity index is 1.65. The fraction of sp³-hybridized carbons (Fsp3) is 0.125. The number of benzene rings is 2. The minimum Gasteiger partial charge on any atom is -0.462 e. The molecule has 4 aromatic rings. The van der Waals surface area contributed by atoms with Crippen molar-refractivity contribution in [2.45, 2.75) is 13.5 Å². The summed E-state index contributed by atoms with van der Waals surface area (Å²) in [6.07, 6.45) is 1.56. The molecule has 4 rings (SSSR count). The van der Waals surface area contributed by atoms with Crippen LogP contribution >= 0.6 is 22.9 Å². The molecule has 0 unspecified atom stereocenters. The molecular formula is C24H19ClN2O4S. The predicted molar refractivity (Wildman–Crippen MR) is 128 cm³/mol. The van der Waals surface area contributed by atoms with Gasteiger partial charge in [-0.25, -0.2) is 4.79 Å². The molecule has 0 spiro atoms. The number of esters is 1. The number of halogens is 1. The first-order valence-corrected chi connectivity index (χ1v) is 11.2. The number of thiophene rings is 1. The van der Waals surface area contributed by atoms with Gasteiger partial charge >= 0.3 is 5.97 Å². The standard InChI is InChI=1S/C24H19ClN2O4S/c1-2-31-24(30)22-18(15-6-4-3-5-7-15)14-32-23(22)26-21(29)13-27-11-10-20(28)17-12-16(25)8-9-19(17)27/h3-12,14H,2,13H2,1H3,(H,26,29). The van der Waals surface area contributed by atoms with E-state index in [-0.39, 0.29) is 24.5 Å². The van der Waals surface area contributed by atoms with E-state index in [0.29, 0.717) is 32.1 Å². The zero-order valence-corrected chi connectivity index (χ0v) is 18.7. The van der Waals surface area contributed by atoms with E-state index in [1.165, 1.54) is 17.4 Å². The van der Waals surface area contributed by atoms with Gasteiger partial charge in [0.1, 0.15) is 17.1 Å². The molecule has 0 atom stereocenters. The maximum Gasteiger partial charge on any atom is 0.341 e. The average Bonchev–Trinajstić information content (AvgIpc) is 3.20. The van der Waals surface area contributed by atoms with Crippen LogP contribution < -0.4 is 10.7 Å². The molecule has 2 aromatic carbocycles. The van der Waals surface area contributed by atoms with Crippen molar-refractivity contribution in [2.24, 2.45) is 0 Å². The lowest BCUT2D eigenvalue weighted by Gasteiger charge is -2.12. The van der Waals surface area contributed by atoms with Crippen LogP contribution in [0.5, 0.6) is 0 Å². The number of ether oxygens (including phenoxy) is 1. The molecule has 162 valence electrons. The van der Waals surface area contributed by atoms with Gasteiger partial charge in [0.05, 0.1) is 12.1 Å². The van der Waals surface area contributed by atoms with Gasteiger partial charge < -0.3 is 14.6 Å². The molecule has 6 nitrogen and oxygen atoms in total. The van der Waals surface area contributed by atoms with E-state index in [2.05, 4.69) is 5.32 Å². The molecule has 2 heterocycles. The highest BCUT2D eigenvalue weighted by molar-refractivity contribution is 7.15. The minimum atomic E-state index is -0.494. The minimum absolute atomic E-state index is 0.0424. The van der Waals surface area contributed by atoms with Crippen LogP contribution in [0.15, 0.2) is 71.0 Å². The summed E-state index contributed by atoms with van der Waals surface area (Å²) < 4.78 is 6.90. The van der Waals surface area contributed by atoms with Crippen LogP contribution in [-0.4, -0.2) is 23.1 Å². The van der Waals surface area contributed by atoms with Crippen molar-refractivity contribution in [3.63, 3.8) is 0 Å². The second-order valence-corrected chi connectivity index (χ2v) is 8.27. The molecule has 0 bridgehead atoms. The molecule has 0 fully saturated rings. The van der Waals surface area contributed by atoms with Gasteiger partial charge in [-0.2, -0.15) is 0 Å². The van der Waals surface area contributed by atoms with Crippen molar-refractivity contribution in [2.75, 3.05) is 11.9 Å². The summed E-state index contributed by atoms with van der Waals surface area (Å²) in [5.74, 6) is -0.830. The Morgan fingerprint density at radius 2 is 1.91 bits per heavy atom. The summed E-state index contributed by atoms with van der Waals surface area (Å²) in [7, 11) is 0. The maximum atomic E-state index is 12.9. The second kappa shape index (κ2) is 9.38.